The fourth-order valence-electron chi connectivity index (χ4n) is 9.90. The summed E-state index contributed by atoms with van der Waals surface area (Å²) in [7, 11) is 0. The Labute approximate surface area is 286 Å². The van der Waals surface area contributed by atoms with Crippen molar-refractivity contribution < 1.29 is 0 Å². The van der Waals surface area contributed by atoms with Gasteiger partial charge in [-0.05, 0) is 148 Å². The van der Waals surface area contributed by atoms with E-state index in [0.717, 1.165) is 47.3 Å². The van der Waals surface area contributed by atoms with Crippen LogP contribution < -0.4 is 0 Å². The van der Waals surface area contributed by atoms with Gasteiger partial charge in [0.2, 0.25) is 0 Å². The zero-order chi connectivity index (χ0) is 31.4. The molecule has 0 N–H and O–H groups in total. The lowest BCUT2D eigenvalue weighted by molar-refractivity contribution is 0.156. The van der Waals surface area contributed by atoms with E-state index < -0.39 is 0 Å². The summed E-state index contributed by atoms with van der Waals surface area (Å²) in [5, 5.41) is 1.23. The lowest BCUT2D eigenvalue weighted by Gasteiger charge is -2.38. The molecule has 45 heavy (non-hydrogen) atoms. The minimum absolute atomic E-state index is 0.612. The van der Waals surface area contributed by atoms with Crippen molar-refractivity contribution in [2.45, 2.75) is 161 Å². The number of hydrogen-bond acceptors (Lipinski definition) is 2. The average Bonchev–Trinajstić information content (AvgIpc) is 3.09. The van der Waals surface area contributed by atoms with Gasteiger partial charge in [0.25, 0.3) is 0 Å². The average molecular weight is 654 g/mol. The molecule has 4 aliphatic carbocycles. The third kappa shape index (κ3) is 10.7. The molecular weight excluding hydrogens is 591 g/mol. The molecule has 0 atom stereocenters. The maximum absolute atomic E-state index is 5.91. The largest absolute Gasteiger partial charge is 0.244 e. The summed E-state index contributed by atoms with van der Waals surface area (Å²) in [6.45, 7) is 4.65. The summed E-state index contributed by atoms with van der Waals surface area (Å²) >= 11 is 11.8. The molecule has 4 saturated carbocycles. The van der Waals surface area contributed by atoms with Gasteiger partial charge in [0.05, 0.1) is 0 Å². The lowest BCUT2D eigenvalue weighted by atomic mass is 9.68. The van der Waals surface area contributed by atoms with E-state index in [4.69, 9.17) is 23.2 Å². The molecule has 0 aromatic carbocycles. The predicted molar refractivity (Wildman–Crippen MR) is 193 cm³/mol. The zero-order valence-electron chi connectivity index (χ0n) is 28.6. The molecule has 2 aromatic rings. The topological polar surface area (TPSA) is 25.8 Å². The Kier molecular flexibility index (Phi) is 14.4. The number of halogens is 2. The van der Waals surface area contributed by atoms with E-state index in [1.165, 1.54) is 146 Å². The van der Waals surface area contributed by atoms with Gasteiger partial charge >= 0.3 is 0 Å². The first-order valence-electron chi connectivity index (χ1n) is 19.2. The van der Waals surface area contributed by atoms with Crippen molar-refractivity contribution >= 4 is 23.2 Å². The van der Waals surface area contributed by atoms with Crippen molar-refractivity contribution in [1.82, 2.24) is 9.97 Å². The molecule has 0 bridgehead atoms. The predicted octanol–water partition coefficient (Wildman–Crippen LogP) is 13.6. The minimum atomic E-state index is 0.612. The van der Waals surface area contributed by atoms with Gasteiger partial charge in [0, 0.05) is 12.4 Å². The maximum Gasteiger partial charge on any atom is 0.129 e. The highest BCUT2D eigenvalue weighted by Crippen LogP contribution is 2.46. The molecule has 0 amide bonds. The highest BCUT2D eigenvalue weighted by molar-refractivity contribution is 6.29. The van der Waals surface area contributed by atoms with Gasteiger partial charge < -0.3 is 0 Å². The molecule has 0 aliphatic heterocycles. The van der Waals surface area contributed by atoms with E-state index in [0.29, 0.717) is 10.3 Å². The summed E-state index contributed by atoms with van der Waals surface area (Å²) in [5.74, 6) is 7.57. The molecule has 2 nitrogen and oxygen atoms in total. The third-order valence-corrected chi connectivity index (χ3v) is 13.2. The van der Waals surface area contributed by atoms with Crippen molar-refractivity contribution in [3.05, 3.63) is 58.1 Å². The Morgan fingerprint density at radius 1 is 0.489 bits per heavy atom. The normalized spacial score (nSPS) is 32.4. The second kappa shape index (κ2) is 18.4. The van der Waals surface area contributed by atoms with E-state index in [9.17, 15) is 0 Å². The second-order valence-electron chi connectivity index (χ2n) is 15.5. The Hall–Kier alpha value is -1.12. The van der Waals surface area contributed by atoms with E-state index in [1.54, 1.807) is 0 Å². The molecule has 0 radical (unpaired) electrons. The Bertz CT molecular complexity index is 1070. The van der Waals surface area contributed by atoms with Gasteiger partial charge in [-0.1, -0.05) is 107 Å². The van der Waals surface area contributed by atoms with Crippen LogP contribution in [-0.4, -0.2) is 9.97 Å². The Morgan fingerprint density at radius 2 is 0.867 bits per heavy atom. The first-order chi connectivity index (χ1) is 22.0. The summed E-state index contributed by atoms with van der Waals surface area (Å²) < 4.78 is 0. The summed E-state index contributed by atoms with van der Waals surface area (Å²) in [4.78, 5) is 8.52. The Morgan fingerprint density at radius 3 is 1.20 bits per heavy atom. The molecule has 0 spiro atoms. The first kappa shape index (κ1) is 35.2. The van der Waals surface area contributed by atoms with Gasteiger partial charge in [-0.15, -0.1) is 0 Å². The van der Waals surface area contributed by atoms with Crippen LogP contribution >= 0.6 is 23.2 Å². The molecule has 250 valence electrons. The highest BCUT2D eigenvalue weighted by atomic mass is 35.5. The number of pyridine rings is 2. The third-order valence-electron chi connectivity index (χ3n) is 12.8. The van der Waals surface area contributed by atoms with Crippen molar-refractivity contribution in [1.29, 1.82) is 0 Å². The molecule has 6 rings (SSSR count). The zero-order valence-corrected chi connectivity index (χ0v) is 30.1. The molecule has 0 saturated heterocycles. The van der Waals surface area contributed by atoms with Gasteiger partial charge in [0.15, 0.2) is 0 Å². The molecule has 4 aliphatic rings. The van der Waals surface area contributed by atoms with Crippen LogP contribution in [0.2, 0.25) is 10.3 Å². The monoisotopic (exact) mass is 652 g/mol. The van der Waals surface area contributed by atoms with E-state index in [1.807, 2.05) is 24.5 Å². The van der Waals surface area contributed by atoms with Gasteiger partial charge in [-0.3, -0.25) is 0 Å². The Balaban J connectivity index is 0.000000178. The van der Waals surface area contributed by atoms with Crippen LogP contribution in [0.15, 0.2) is 36.7 Å². The summed E-state index contributed by atoms with van der Waals surface area (Å²) in [5.41, 5.74) is 2.80. The van der Waals surface area contributed by atoms with Crippen LogP contribution in [0.1, 0.15) is 172 Å². The van der Waals surface area contributed by atoms with Gasteiger partial charge in [0.1, 0.15) is 10.3 Å². The SMILES string of the molecule is CCCC1CCC(C2CCC(c3ccc(Cl)nc3)CC2)CC1.CCCCC1CCC(C2CCC(c3ccc(Cl)nc3)CC2)CC1. The number of aromatic nitrogens is 2. The van der Waals surface area contributed by atoms with Crippen molar-refractivity contribution in [2.24, 2.45) is 35.5 Å². The minimum Gasteiger partial charge on any atom is -0.244 e. The van der Waals surface area contributed by atoms with Crippen LogP contribution in [0.25, 0.3) is 0 Å². The van der Waals surface area contributed by atoms with Crippen LogP contribution in [-0.2, 0) is 0 Å². The van der Waals surface area contributed by atoms with Crippen LogP contribution in [0, 0.1) is 35.5 Å². The maximum atomic E-state index is 5.91. The lowest BCUT2D eigenvalue weighted by Crippen LogP contribution is -2.25. The number of unbranched alkanes of at least 4 members (excludes halogenated alkanes) is 1. The van der Waals surface area contributed by atoms with Gasteiger partial charge in [-0.2, -0.15) is 0 Å². The highest BCUT2D eigenvalue weighted by Gasteiger charge is 2.32. The van der Waals surface area contributed by atoms with E-state index in [2.05, 4.69) is 35.9 Å². The molecule has 2 aromatic heterocycles. The van der Waals surface area contributed by atoms with Crippen molar-refractivity contribution in [3.63, 3.8) is 0 Å². The van der Waals surface area contributed by atoms with E-state index in [-0.39, 0.29) is 0 Å². The molecule has 4 fully saturated rings. The quantitative estimate of drug-likeness (QED) is 0.252. The smallest absolute Gasteiger partial charge is 0.129 e. The standard InChI is InChI=1S/C21H32ClN.C20H30ClN/c1-2-3-4-16-5-7-17(8-6-16)18-9-11-19(12-10-18)20-13-14-21(22)23-15-20;1-2-3-15-4-6-16(7-5-15)17-8-10-18(11-9-17)19-12-13-20(21)22-14-19/h13-19H,2-12H2,1H3;12-18H,2-11H2,1H3. The van der Waals surface area contributed by atoms with Crippen molar-refractivity contribution in [2.75, 3.05) is 0 Å². The van der Waals surface area contributed by atoms with Gasteiger partial charge in [-0.25, -0.2) is 9.97 Å². The summed E-state index contributed by atoms with van der Waals surface area (Å²) in [6, 6.07) is 8.24. The molecular formula is C41H62Cl2N2. The van der Waals surface area contributed by atoms with Crippen molar-refractivity contribution in [3.8, 4) is 0 Å². The molecule has 0 unspecified atom stereocenters. The first-order valence-corrected chi connectivity index (χ1v) is 20.0. The molecule has 2 heterocycles. The fraction of sp³-hybridized carbons (Fsp3) is 0.756. The summed E-state index contributed by atoms with van der Waals surface area (Å²) in [6.07, 6.45) is 34.2. The second-order valence-corrected chi connectivity index (χ2v) is 16.3. The van der Waals surface area contributed by atoms with Crippen LogP contribution in [0.4, 0.5) is 0 Å². The number of nitrogens with zero attached hydrogens (tertiary/aromatic N) is 2. The number of rotatable bonds is 9. The van der Waals surface area contributed by atoms with E-state index >= 15 is 0 Å². The fourth-order valence-corrected chi connectivity index (χ4v) is 10.1. The van der Waals surface area contributed by atoms with Crippen LogP contribution in [0.5, 0.6) is 0 Å². The van der Waals surface area contributed by atoms with Crippen LogP contribution in [0.3, 0.4) is 0 Å². The number of hydrogen-bond donors (Lipinski definition) is 0. The molecule has 4 heteroatoms.